The number of nitrogens with zero attached hydrogens (tertiary/aromatic N) is 2. The lowest BCUT2D eigenvalue weighted by Gasteiger charge is -2.26. The Hall–Kier alpha value is -4.28. The minimum absolute atomic E-state index is 0.182. The van der Waals surface area contributed by atoms with E-state index in [1.807, 2.05) is 86.0 Å². The highest BCUT2D eigenvalue weighted by Gasteiger charge is 2.35. The molecule has 0 saturated heterocycles. The SMILES string of the molecule is CCOC(=O)C1=C(c2ccccc2)N=c2s/c(=C\c3ccc(OCc4ccc(Cl)cc4Cl)c(OCC)c3)c(=O)n2[C@H]1c1ccc(SC)cc1. The Labute approximate surface area is 302 Å². The molecular formula is C38H32Cl2N2O5S2. The van der Waals surface area contributed by atoms with Gasteiger partial charge in [0.2, 0.25) is 0 Å². The molecule has 0 fully saturated rings. The van der Waals surface area contributed by atoms with Gasteiger partial charge >= 0.3 is 5.97 Å². The van der Waals surface area contributed by atoms with Crippen LogP contribution in [0.15, 0.2) is 111 Å². The van der Waals surface area contributed by atoms with Gasteiger partial charge in [0.15, 0.2) is 16.3 Å². The predicted molar refractivity (Wildman–Crippen MR) is 198 cm³/mol. The number of carbonyl (C=O) groups excluding carboxylic acids is 1. The quantitative estimate of drug-likeness (QED) is 0.101. The van der Waals surface area contributed by atoms with Crippen molar-refractivity contribution in [2.75, 3.05) is 19.5 Å². The van der Waals surface area contributed by atoms with E-state index in [4.69, 9.17) is 42.4 Å². The fourth-order valence-electron chi connectivity index (χ4n) is 5.49. The third-order valence-electron chi connectivity index (χ3n) is 7.77. The van der Waals surface area contributed by atoms with Gasteiger partial charge in [0.05, 0.1) is 35.1 Å². The molecule has 0 radical (unpaired) electrons. The summed E-state index contributed by atoms with van der Waals surface area (Å²) in [6.07, 6.45) is 3.80. The van der Waals surface area contributed by atoms with Crippen LogP contribution in [0.3, 0.4) is 0 Å². The number of thiazole rings is 1. The molecule has 49 heavy (non-hydrogen) atoms. The molecule has 250 valence electrons. The summed E-state index contributed by atoms with van der Waals surface area (Å²) in [5.74, 6) is 0.540. The molecule has 4 aromatic carbocycles. The fraction of sp³-hybridized carbons (Fsp3) is 0.184. The first-order valence-electron chi connectivity index (χ1n) is 15.6. The molecule has 11 heteroatoms. The molecule has 0 aliphatic carbocycles. The maximum absolute atomic E-state index is 14.3. The van der Waals surface area contributed by atoms with Gasteiger partial charge in [-0.1, -0.05) is 89.1 Å². The van der Waals surface area contributed by atoms with Crippen LogP contribution in [0, 0.1) is 0 Å². The van der Waals surface area contributed by atoms with E-state index in [0.717, 1.165) is 27.1 Å². The van der Waals surface area contributed by atoms with Crippen LogP contribution in [0.4, 0.5) is 0 Å². The Morgan fingerprint density at radius 2 is 1.71 bits per heavy atom. The molecule has 6 rings (SSSR count). The van der Waals surface area contributed by atoms with Gasteiger partial charge in [-0.2, -0.15) is 0 Å². The van der Waals surface area contributed by atoms with E-state index in [1.165, 1.54) is 11.3 Å². The Balaban J connectivity index is 1.47. The van der Waals surface area contributed by atoms with Crippen LogP contribution < -0.4 is 24.4 Å². The van der Waals surface area contributed by atoms with Gasteiger partial charge < -0.3 is 14.2 Å². The lowest BCUT2D eigenvalue weighted by atomic mass is 9.93. The molecule has 0 amide bonds. The number of rotatable bonds is 11. The highest BCUT2D eigenvalue weighted by Crippen LogP contribution is 2.36. The van der Waals surface area contributed by atoms with Crippen LogP contribution in [0.5, 0.6) is 11.5 Å². The topological polar surface area (TPSA) is 79.1 Å². The van der Waals surface area contributed by atoms with Gasteiger partial charge in [0, 0.05) is 26.1 Å². The molecule has 1 aliphatic rings. The first-order chi connectivity index (χ1) is 23.8. The summed E-state index contributed by atoms with van der Waals surface area (Å²) in [6, 6.07) is 27.4. The van der Waals surface area contributed by atoms with Crippen molar-refractivity contribution in [2.24, 2.45) is 4.99 Å². The lowest BCUT2D eigenvalue weighted by molar-refractivity contribution is -0.138. The van der Waals surface area contributed by atoms with Gasteiger partial charge in [-0.25, -0.2) is 9.79 Å². The number of hydrogen-bond acceptors (Lipinski definition) is 8. The van der Waals surface area contributed by atoms with Gasteiger partial charge in [-0.05, 0) is 73.7 Å². The predicted octanol–water partition coefficient (Wildman–Crippen LogP) is 7.94. The molecule has 0 bridgehead atoms. The van der Waals surface area contributed by atoms with Crippen molar-refractivity contribution in [1.82, 2.24) is 4.57 Å². The number of carbonyl (C=O) groups is 1. The average Bonchev–Trinajstić information content (AvgIpc) is 3.42. The second-order valence-corrected chi connectivity index (χ2v) is 13.6. The number of esters is 1. The van der Waals surface area contributed by atoms with Crippen LogP contribution in [0.25, 0.3) is 11.8 Å². The van der Waals surface area contributed by atoms with Crippen molar-refractivity contribution in [3.8, 4) is 11.5 Å². The van der Waals surface area contributed by atoms with E-state index in [2.05, 4.69) is 0 Å². The Morgan fingerprint density at radius 1 is 0.939 bits per heavy atom. The summed E-state index contributed by atoms with van der Waals surface area (Å²) >= 11 is 15.3. The minimum atomic E-state index is -0.752. The molecular weight excluding hydrogens is 699 g/mol. The van der Waals surface area contributed by atoms with Gasteiger partial charge in [0.25, 0.3) is 5.56 Å². The zero-order valence-electron chi connectivity index (χ0n) is 26.9. The third kappa shape index (κ3) is 7.50. The first-order valence-corrected chi connectivity index (χ1v) is 18.4. The summed E-state index contributed by atoms with van der Waals surface area (Å²) in [5, 5.41) is 1.06. The van der Waals surface area contributed by atoms with Crippen LogP contribution >= 0.6 is 46.3 Å². The number of thioether (sulfide) groups is 1. The molecule has 7 nitrogen and oxygen atoms in total. The van der Waals surface area contributed by atoms with Crippen molar-refractivity contribution in [3.05, 3.63) is 149 Å². The third-order valence-corrected chi connectivity index (χ3v) is 10.1. The number of benzene rings is 4. The molecule has 0 saturated carbocycles. The standard InChI is InChI=1S/C38H32Cl2N2O5S2/c1-4-45-31-19-23(11-18-30(31)47-22-26-12-15-27(39)21-29(26)40)20-32-36(43)42-35(25-13-16-28(48-3)17-14-25)33(37(44)46-5-2)34(41-38(42)49-32)24-9-7-6-8-10-24/h6-21,35H,4-5,22H2,1-3H3/b32-20-/t35-/m0/s1. The molecule has 1 aliphatic heterocycles. The number of fused-ring (bicyclic) bond motifs is 1. The molecule has 0 N–H and O–H groups in total. The van der Waals surface area contributed by atoms with E-state index < -0.39 is 12.0 Å². The summed E-state index contributed by atoms with van der Waals surface area (Å²) in [7, 11) is 0. The van der Waals surface area contributed by atoms with E-state index in [1.54, 1.807) is 47.5 Å². The maximum atomic E-state index is 14.3. The molecule has 1 atom stereocenters. The van der Waals surface area contributed by atoms with Crippen LogP contribution in [0.1, 0.15) is 42.1 Å². The smallest absolute Gasteiger partial charge is 0.338 e. The molecule has 1 aromatic heterocycles. The molecule has 0 unspecified atom stereocenters. The normalized spacial score (nSPS) is 14.3. The highest BCUT2D eigenvalue weighted by molar-refractivity contribution is 7.98. The van der Waals surface area contributed by atoms with Crippen molar-refractivity contribution < 1.29 is 19.0 Å². The van der Waals surface area contributed by atoms with Crippen LogP contribution in [0.2, 0.25) is 10.0 Å². The van der Waals surface area contributed by atoms with Crippen LogP contribution in [-0.4, -0.2) is 30.0 Å². The largest absolute Gasteiger partial charge is 0.490 e. The minimum Gasteiger partial charge on any atom is -0.490 e. The van der Waals surface area contributed by atoms with E-state index in [0.29, 0.717) is 48.8 Å². The van der Waals surface area contributed by atoms with Crippen LogP contribution in [-0.2, 0) is 16.1 Å². The zero-order valence-corrected chi connectivity index (χ0v) is 30.1. The highest BCUT2D eigenvalue weighted by atomic mass is 35.5. The second kappa shape index (κ2) is 15.5. The fourth-order valence-corrected chi connectivity index (χ4v) is 7.36. The zero-order chi connectivity index (χ0) is 34.5. The first kappa shape index (κ1) is 34.6. The van der Waals surface area contributed by atoms with Gasteiger partial charge in [-0.15, -0.1) is 11.8 Å². The summed E-state index contributed by atoms with van der Waals surface area (Å²) < 4.78 is 19.6. The maximum Gasteiger partial charge on any atom is 0.338 e. The molecule has 2 heterocycles. The van der Waals surface area contributed by atoms with Crippen molar-refractivity contribution in [2.45, 2.75) is 31.4 Å². The average molecular weight is 732 g/mol. The Morgan fingerprint density at radius 3 is 2.41 bits per heavy atom. The Kier molecular flexibility index (Phi) is 10.9. The van der Waals surface area contributed by atoms with Crippen molar-refractivity contribution in [1.29, 1.82) is 0 Å². The van der Waals surface area contributed by atoms with E-state index in [9.17, 15) is 9.59 Å². The Bertz CT molecular complexity index is 2210. The molecule has 5 aromatic rings. The van der Waals surface area contributed by atoms with E-state index >= 15 is 0 Å². The van der Waals surface area contributed by atoms with E-state index in [-0.39, 0.29) is 18.8 Å². The summed E-state index contributed by atoms with van der Waals surface area (Å²) in [5.41, 5.74) is 3.57. The monoisotopic (exact) mass is 730 g/mol. The summed E-state index contributed by atoms with van der Waals surface area (Å²) in [6.45, 7) is 4.47. The molecule has 0 spiro atoms. The van der Waals surface area contributed by atoms with Gasteiger partial charge in [-0.3, -0.25) is 9.36 Å². The second-order valence-electron chi connectivity index (χ2n) is 10.9. The number of hydrogen-bond donors (Lipinski definition) is 0. The summed E-state index contributed by atoms with van der Waals surface area (Å²) in [4.78, 5) is 34.5. The lowest BCUT2D eigenvalue weighted by Crippen LogP contribution is -2.40. The number of ether oxygens (including phenoxy) is 3. The van der Waals surface area contributed by atoms with Crippen molar-refractivity contribution >= 4 is 64.0 Å². The van der Waals surface area contributed by atoms with Crippen molar-refractivity contribution in [3.63, 3.8) is 0 Å². The number of aromatic nitrogens is 1. The number of halogens is 2. The van der Waals surface area contributed by atoms with Gasteiger partial charge in [0.1, 0.15) is 6.61 Å².